The van der Waals surface area contributed by atoms with E-state index in [1.165, 1.54) is 5.56 Å². The summed E-state index contributed by atoms with van der Waals surface area (Å²) in [5.74, 6) is 0.00848. The fraction of sp³-hybridized carbons (Fsp3) is 0.500. The first-order valence-corrected chi connectivity index (χ1v) is 6.16. The molecule has 3 heteroatoms. The first-order chi connectivity index (χ1) is 8.02. The molecular weight excluding hydrogens is 212 g/mol. The monoisotopic (exact) mass is 234 g/mol. The van der Waals surface area contributed by atoms with E-state index in [4.69, 9.17) is 0 Å². The van der Waals surface area contributed by atoms with Gasteiger partial charge in [-0.05, 0) is 39.3 Å². The van der Waals surface area contributed by atoms with Crippen LogP contribution in [-0.2, 0) is 4.79 Å². The molecule has 0 saturated heterocycles. The van der Waals surface area contributed by atoms with Crippen LogP contribution in [0.25, 0.3) is 0 Å². The topological polar surface area (TPSA) is 41.1 Å². The molecule has 94 valence electrons. The van der Waals surface area contributed by atoms with Gasteiger partial charge in [-0.3, -0.25) is 4.79 Å². The van der Waals surface area contributed by atoms with E-state index in [1.807, 2.05) is 38.1 Å². The molecule has 1 aromatic carbocycles. The molecule has 0 bridgehead atoms. The van der Waals surface area contributed by atoms with E-state index in [2.05, 4.69) is 24.5 Å². The molecule has 0 aromatic heterocycles. The summed E-state index contributed by atoms with van der Waals surface area (Å²) in [5, 5.41) is 6.15. The van der Waals surface area contributed by atoms with Gasteiger partial charge in [-0.1, -0.05) is 24.6 Å². The number of aryl methyl sites for hydroxylation is 1. The molecule has 0 fully saturated rings. The average Bonchev–Trinajstić information content (AvgIpc) is 2.31. The standard InChI is InChI=1S/C14H22N2O/c1-5-11(3)15-12(4)14(17)16-13-8-6-10(2)7-9-13/h6-9,11-12,15H,5H2,1-4H3,(H,16,17)/t11-,12+/m1/s1. The molecular formula is C14H22N2O. The summed E-state index contributed by atoms with van der Waals surface area (Å²) in [6.07, 6.45) is 1.02. The van der Waals surface area contributed by atoms with E-state index in [1.54, 1.807) is 0 Å². The maximum atomic E-state index is 11.9. The quantitative estimate of drug-likeness (QED) is 0.822. The molecule has 2 N–H and O–H groups in total. The predicted octanol–water partition coefficient (Wildman–Crippen LogP) is 2.71. The minimum Gasteiger partial charge on any atom is -0.325 e. The molecule has 17 heavy (non-hydrogen) atoms. The van der Waals surface area contributed by atoms with Crippen molar-refractivity contribution in [1.82, 2.24) is 5.32 Å². The molecule has 1 rings (SSSR count). The number of anilines is 1. The number of carbonyl (C=O) groups excluding carboxylic acids is 1. The molecule has 0 unspecified atom stereocenters. The number of hydrogen-bond donors (Lipinski definition) is 2. The smallest absolute Gasteiger partial charge is 0.241 e. The van der Waals surface area contributed by atoms with Gasteiger partial charge in [-0.2, -0.15) is 0 Å². The van der Waals surface area contributed by atoms with Crippen molar-refractivity contribution in [2.75, 3.05) is 5.32 Å². The Kier molecular flexibility index (Phi) is 5.16. The summed E-state index contributed by atoms with van der Waals surface area (Å²) in [4.78, 5) is 11.9. The number of rotatable bonds is 5. The molecule has 1 aromatic rings. The van der Waals surface area contributed by atoms with Crippen LogP contribution in [0.1, 0.15) is 32.8 Å². The third kappa shape index (κ3) is 4.57. The second-order valence-electron chi connectivity index (χ2n) is 4.55. The van der Waals surface area contributed by atoms with E-state index in [9.17, 15) is 4.79 Å². The molecule has 0 aliphatic carbocycles. The van der Waals surface area contributed by atoms with Crippen molar-refractivity contribution in [3.63, 3.8) is 0 Å². The van der Waals surface area contributed by atoms with Crippen LogP contribution in [0.5, 0.6) is 0 Å². The Morgan fingerprint density at radius 2 is 1.82 bits per heavy atom. The zero-order chi connectivity index (χ0) is 12.8. The maximum Gasteiger partial charge on any atom is 0.241 e. The van der Waals surface area contributed by atoms with Crippen LogP contribution >= 0.6 is 0 Å². The SMILES string of the molecule is CC[C@@H](C)N[C@@H](C)C(=O)Nc1ccc(C)cc1. The van der Waals surface area contributed by atoms with Gasteiger partial charge < -0.3 is 10.6 Å². The lowest BCUT2D eigenvalue weighted by Crippen LogP contribution is -2.42. The van der Waals surface area contributed by atoms with Crippen LogP contribution < -0.4 is 10.6 Å². The van der Waals surface area contributed by atoms with Crippen LogP contribution in [0, 0.1) is 6.92 Å². The number of carbonyl (C=O) groups is 1. The minimum atomic E-state index is -0.175. The molecule has 0 aliphatic heterocycles. The van der Waals surface area contributed by atoms with Crippen LogP contribution in [0.15, 0.2) is 24.3 Å². The van der Waals surface area contributed by atoms with Crippen molar-refractivity contribution in [3.8, 4) is 0 Å². The van der Waals surface area contributed by atoms with Crippen molar-refractivity contribution >= 4 is 11.6 Å². The summed E-state index contributed by atoms with van der Waals surface area (Å²) in [6.45, 7) is 8.09. The summed E-state index contributed by atoms with van der Waals surface area (Å²) in [5.41, 5.74) is 2.03. The second kappa shape index (κ2) is 6.40. The van der Waals surface area contributed by atoms with Crippen LogP contribution in [0.2, 0.25) is 0 Å². The Balaban J connectivity index is 2.51. The van der Waals surface area contributed by atoms with E-state index in [0.717, 1.165) is 12.1 Å². The fourth-order valence-corrected chi connectivity index (χ4v) is 1.51. The zero-order valence-electron chi connectivity index (χ0n) is 11.1. The molecule has 1 amide bonds. The number of benzene rings is 1. The first-order valence-electron chi connectivity index (χ1n) is 6.16. The van der Waals surface area contributed by atoms with Crippen molar-refractivity contribution < 1.29 is 4.79 Å². The van der Waals surface area contributed by atoms with E-state index >= 15 is 0 Å². The van der Waals surface area contributed by atoms with Gasteiger partial charge in [-0.25, -0.2) is 0 Å². The van der Waals surface area contributed by atoms with Crippen molar-refractivity contribution in [2.45, 2.75) is 46.2 Å². The fourth-order valence-electron chi connectivity index (χ4n) is 1.51. The van der Waals surface area contributed by atoms with E-state index in [0.29, 0.717) is 6.04 Å². The van der Waals surface area contributed by atoms with Crippen molar-refractivity contribution in [3.05, 3.63) is 29.8 Å². The number of nitrogens with one attached hydrogen (secondary N) is 2. The van der Waals surface area contributed by atoms with E-state index < -0.39 is 0 Å². The Labute approximate surface area is 104 Å². The van der Waals surface area contributed by atoms with Crippen molar-refractivity contribution in [2.24, 2.45) is 0 Å². The number of hydrogen-bond acceptors (Lipinski definition) is 2. The lowest BCUT2D eigenvalue weighted by Gasteiger charge is -2.18. The normalized spacial score (nSPS) is 14.1. The van der Waals surface area contributed by atoms with Gasteiger partial charge in [0.25, 0.3) is 0 Å². The van der Waals surface area contributed by atoms with Gasteiger partial charge >= 0.3 is 0 Å². The van der Waals surface area contributed by atoms with Gasteiger partial charge in [0, 0.05) is 11.7 Å². The summed E-state index contributed by atoms with van der Waals surface area (Å²) in [7, 11) is 0. The number of amides is 1. The van der Waals surface area contributed by atoms with E-state index in [-0.39, 0.29) is 11.9 Å². The second-order valence-corrected chi connectivity index (χ2v) is 4.55. The Morgan fingerprint density at radius 3 is 2.35 bits per heavy atom. The Hall–Kier alpha value is -1.35. The molecule has 0 aliphatic rings. The molecule has 3 nitrogen and oxygen atoms in total. The highest BCUT2D eigenvalue weighted by molar-refractivity contribution is 5.94. The summed E-state index contributed by atoms with van der Waals surface area (Å²) < 4.78 is 0. The zero-order valence-corrected chi connectivity index (χ0v) is 11.1. The predicted molar refractivity (Wildman–Crippen MR) is 72.2 cm³/mol. The molecule has 0 heterocycles. The highest BCUT2D eigenvalue weighted by atomic mass is 16.2. The third-order valence-corrected chi connectivity index (χ3v) is 2.86. The van der Waals surface area contributed by atoms with Crippen molar-refractivity contribution in [1.29, 1.82) is 0 Å². The summed E-state index contributed by atoms with van der Waals surface area (Å²) in [6, 6.07) is 8.00. The highest BCUT2D eigenvalue weighted by Crippen LogP contribution is 2.09. The van der Waals surface area contributed by atoms with Crippen LogP contribution in [0.4, 0.5) is 5.69 Å². The minimum absolute atomic E-state index is 0.00848. The Morgan fingerprint density at radius 1 is 1.24 bits per heavy atom. The molecule has 0 spiro atoms. The highest BCUT2D eigenvalue weighted by Gasteiger charge is 2.14. The van der Waals surface area contributed by atoms with Crippen LogP contribution in [0.3, 0.4) is 0 Å². The largest absolute Gasteiger partial charge is 0.325 e. The molecule has 2 atom stereocenters. The maximum absolute atomic E-state index is 11.9. The average molecular weight is 234 g/mol. The van der Waals surface area contributed by atoms with Gasteiger partial charge in [0.05, 0.1) is 6.04 Å². The lowest BCUT2D eigenvalue weighted by atomic mass is 10.2. The first kappa shape index (κ1) is 13.7. The van der Waals surface area contributed by atoms with Gasteiger partial charge in [-0.15, -0.1) is 0 Å². The van der Waals surface area contributed by atoms with Crippen LogP contribution in [-0.4, -0.2) is 18.0 Å². The molecule has 0 saturated carbocycles. The van der Waals surface area contributed by atoms with Gasteiger partial charge in [0.15, 0.2) is 0 Å². The van der Waals surface area contributed by atoms with Gasteiger partial charge in [0.1, 0.15) is 0 Å². The third-order valence-electron chi connectivity index (χ3n) is 2.86. The lowest BCUT2D eigenvalue weighted by molar-refractivity contribution is -0.117. The summed E-state index contributed by atoms with van der Waals surface area (Å²) >= 11 is 0. The Bertz CT molecular complexity index is 359. The molecule has 0 radical (unpaired) electrons. The van der Waals surface area contributed by atoms with Gasteiger partial charge in [0.2, 0.25) is 5.91 Å².